The first kappa shape index (κ1) is 13.7. The quantitative estimate of drug-likeness (QED) is 0.910. The number of hydrogen-bond acceptors (Lipinski definition) is 3. The summed E-state index contributed by atoms with van der Waals surface area (Å²) in [6.45, 7) is 10.4. The molecule has 1 atom stereocenters. The first-order valence-corrected chi connectivity index (χ1v) is 8.18. The lowest BCUT2D eigenvalue weighted by Gasteiger charge is -2.29. The Balaban J connectivity index is 1.78. The second-order valence-electron chi connectivity index (χ2n) is 5.94. The van der Waals surface area contributed by atoms with Crippen molar-refractivity contribution in [1.29, 1.82) is 0 Å². The molecule has 1 aromatic rings. The van der Waals surface area contributed by atoms with E-state index in [1.165, 1.54) is 56.8 Å². The van der Waals surface area contributed by atoms with Crippen LogP contribution in [0.25, 0.3) is 0 Å². The molecule has 2 aliphatic heterocycles. The Labute approximate surface area is 123 Å². The largest absolute Gasteiger partial charge is 0.385 e. The van der Waals surface area contributed by atoms with Gasteiger partial charge in [-0.05, 0) is 50.0 Å². The average Bonchev–Trinajstić information content (AvgIpc) is 2.97. The monoisotopic (exact) mass is 273 g/mol. The van der Waals surface area contributed by atoms with Gasteiger partial charge >= 0.3 is 0 Å². The lowest BCUT2D eigenvalue weighted by Crippen LogP contribution is -2.37. The molecule has 3 rings (SSSR count). The van der Waals surface area contributed by atoms with Gasteiger partial charge in [-0.15, -0.1) is 0 Å². The van der Waals surface area contributed by atoms with Gasteiger partial charge < -0.3 is 10.2 Å². The van der Waals surface area contributed by atoms with Crippen LogP contribution in [-0.2, 0) is 6.42 Å². The molecule has 0 radical (unpaired) electrons. The van der Waals surface area contributed by atoms with E-state index < -0.39 is 0 Å². The normalized spacial score (nSPS) is 21.9. The molecular weight excluding hydrogens is 246 g/mol. The third-order valence-corrected chi connectivity index (χ3v) is 4.90. The summed E-state index contributed by atoms with van der Waals surface area (Å²) >= 11 is 0. The number of rotatable bonds is 4. The number of likely N-dealkylation sites (N-methyl/N-ethyl adjacent to an activating group) is 1. The molecule has 1 unspecified atom stereocenters. The van der Waals surface area contributed by atoms with E-state index in [1.807, 2.05) is 0 Å². The molecule has 1 N–H and O–H groups in total. The summed E-state index contributed by atoms with van der Waals surface area (Å²) in [5.74, 6) is 0. The molecular formula is C17H27N3. The lowest BCUT2D eigenvalue weighted by atomic mass is 10.0. The Morgan fingerprint density at radius 3 is 2.95 bits per heavy atom. The number of nitrogens with one attached hydrogen (secondary N) is 1. The van der Waals surface area contributed by atoms with E-state index in [4.69, 9.17) is 0 Å². The number of hydrogen-bond donors (Lipinski definition) is 1. The van der Waals surface area contributed by atoms with E-state index in [1.54, 1.807) is 5.56 Å². The maximum absolute atomic E-state index is 3.55. The first-order chi connectivity index (χ1) is 9.83. The summed E-state index contributed by atoms with van der Waals surface area (Å²) in [4.78, 5) is 5.21. The molecule has 3 nitrogen and oxygen atoms in total. The highest BCUT2D eigenvalue weighted by molar-refractivity contribution is 5.68. The van der Waals surface area contributed by atoms with Crippen molar-refractivity contribution in [3.8, 4) is 0 Å². The maximum Gasteiger partial charge on any atom is 0.0420 e. The molecule has 110 valence electrons. The van der Waals surface area contributed by atoms with Gasteiger partial charge in [0, 0.05) is 37.1 Å². The van der Waals surface area contributed by atoms with Crippen LogP contribution in [0.4, 0.5) is 11.4 Å². The van der Waals surface area contributed by atoms with Crippen molar-refractivity contribution in [2.45, 2.75) is 39.2 Å². The highest BCUT2D eigenvalue weighted by Crippen LogP contribution is 2.33. The fourth-order valence-electron chi connectivity index (χ4n) is 3.79. The van der Waals surface area contributed by atoms with E-state index in [0.29, 0.717) is 0 Å². The standard InChI is InChI=1S/C17H27N3/c1-3-19(4-2)14-10-12-20(13-14)17-9-5-8-16-15(17)7-6-11-18-16/h5,8-9,14,18H,3-4,6-7,10-13H2,1-2H3. The second kappa shape index (κ2) is 6.04. The predicted molar refractivity (Wildman–Crippen MR) is 86.8 cm³/mol. The van der Waals surface area contributed by atoms with Crippen LogP contribution >= 0.6 is 0 Å². The maximum atomic E-state index is 3.55. The fourth-order valence-corrected chi connectivity index (χ4v) is 3.79. The van der Waals surface area contributed by atoms with Crippen LogP contribution in [0.3, 0.4) is 0 Å². The second-order valence-corrected chi connectivity index (χ2v) is 5.94. The van der Waals surface area contributed by atoms with Gasteiger partial charge in [0.2, 0.25) is 0 Å². The Kier molecular flexibility index (Phi) is 4.16. The van der Waals surface area contributed by atoms with Crippen LogP contribution in [0, 0.1) is 0 Å². The van der Waals surface area contributed by atoms with Crippen LogP contribution in [0.15, 0.2) is 18.2 Å². The van der Waals surface area contributed by atoms with Gasteiger partial charge in [0.1, 0.15) is 0 Å². The van der Waals surface area contributed by atoms with E-state index in [0.717, 1.165) is 12.6 Å². The van der Waals surface area contributed by atoms with E-state index in [2.05, 4.69) is 47.2 Å². The van der Waals surface area contributed by atoms with Crippen molar-refractivity contribution in [2.24, 2.45) is 0 Å². The molecule has 0 spiro atoms. The SMILES string of the molecule is CCN(CC)C1CCN(c2cccc3c2CCCN3)C1. The minimum absolute atomic E-state index is 0.734. The molecule has 2 heterocycles. The van der Waals surface area contributed by atoms with E-state index in [-0.39, 0.29) is 0 Å². The first-order valence-electron chi connectivity index (χ1n) is 8.18. The topological polar surface area (TPSA) is 18.5 Å². The molecule has 0 saturated carbocycles. The van der Waals surface area contributed by atoms with Gasteiger partial charge in [0.15, 0.2) is 0 Å². The molecule has 2 aliphatic rings. The van der Waals surface area contributed by atoms with E-state index >= 15 is 0 Å². The molecule has 0 amide bonds. The van der Waals surface area contributed by atoms with Gasteiger partial charge in [-0.2, -0.15) is 0 Å². The number of benzene rings is 1. The van der Waals surface area contributed by atoms with Crippen molar-refractivity contribution >= 4 is 11.4 Å². The van der Waals surface area contributed by atoms with Crippen molar-refractivity contribution < 1.29 is 0 Å². The lowest BCUT2D eigenvalue weighted by molar-refractivity contribution is 0.232. The molecule has 1 saturated heterocycles. The van der Waals surface area contributed by atoms with Crippen LogP contribution in [-0.4, -0.2) is 43.7 Å². The van der Waals surface area contributed by atoms with Gasteiger partial charge in [-0.3, -0.25) is 4.90 Å². The molecule has 1 fully saturated rings. The zero-order chi connectivity index (χ0) is 13.9. The number of anilines is 2. The Morgan fingerprint density at radius 2 is 2.15 bits per heavy atom. The van der Waals surface area contributed by atoms with Crippen molar-refractivity contribution in [3.05, 3.63) is 23.8 Å². The summed E-state index contributed by atoms with van der Waals surface area (Å²) in [5, 5.41) is 3.55. The molecule has 1 aromatic carbocycles. The zero-order valence-electron chi connectivity index (χ0n) is 12.9. The van der Waals surface area contributed by atoms with Crippen LogP contribution < -0.4 is 10.2 Å². The highest BCUT2D eigenvalue weighted by atomic mass is 15.3. The summed E-state index contributed by atoms with van der Waals surface area (Å²) in [5.41, 5.74) is 4.38. The Morgan fingerprint density at radius 1 is 1.30 bits per heavy atom. The van der Waals surface area contributed by atoms with Gasteiger partial charge in [0.05, 0.1) is 0 Å². The minimum Gasteiger partial charge on any atom is -0.385 e. The van der Waals surface area contributed by atoms with Gasteiger partial charge in [0.25, 0.3) is 0 Å². The summed E-state index contributed by atoms with van der Waals surface area (Å²) in [7, 11) is 0. The van der Waals surface area contributed by atoms with Crippen LogP contribution in [0.5, 0.6) is 0 Å². The summed E-state index contributed by atoms with van der Waals surface area (Å²) < 4.78 is 0. The highest BCUT2D eigenvalue weighted by Gasteiger charge is 2.28. The van der Waals surface area contributed by atoms with Gasteiger partial charge in [-0.25, -0.2) is 0 Å². The van der Waals surface area contributed by atoms with Crippen LogP contribution in [0.2, 0.25) is 0 Å². The van der Waals surface area contributed by atoms with Crippen LogP contribution in [0.1, 0.15) is 32.3 Å². The molecule has 0 aromatic heterocycles. The fraction of sp³-hybridized carbons (Fsp3) is 0.647. The third kappa shape index (κ3) is 2.51. The number of nitrogens with zero attached hydrogens (tertiary/aromatic N) is 2. The third-order valence-electron chi connectivity index (χ3n) is 4.90. The molecule has 3 heteroatoms. The Hall–Kier alpha value is -1.22. The molecule has 20 heavy (non-hydrogen) atoms. The minimum atomic E-state index is 0.734. The zero-order valence-corrected chi connectivity index (χ0v) is 12.9. The van der Waals surface area contributed by atoms with E-state index in [9.17, 15) is 0 Å². The molecule has 0 bridgehead atoms. The van der Waals surface area contributed by atoms with Crippen molar-refractivity contribution in [2.75, 3.05) is 42.9 Å². The predicted octanol–water partition coefficient (Wildman–Crippen LogP) is 2.97. The summed E-state index contributed by atoms with van der Waals surface area (Å²) in [6.07, 6.45) is 3.79. The van der Waals surface area contributed by atoms with Gasteiger partial charge in [-0.1, -0.05) is 19.9 Å². The van der Waals surface area contributed by atoms with Crippen molar-refractivity contribution in [1.82, 2.24) is 4.90 Å². The average molecular weight is 273 g/mol. The smallest absolute Gasteiger partial charge is 0.0420 e. The van der Waals surface area contributed by atoms with Crippen molar-refractivity contribution in [3.63, 3.8) is 0 Å². The number of fused-ring (bicyclic) bond motifs is 1. The molecule has 0 aliphatic carbocycles. The Bertz CT molecular complexity index is 454. The summed E-state index contributed by atoms with van der Waals surface area (Å²) in [6, 6.07) is 7.49.